The number of hydrogen-bond acceptors (Lipinski definition) is 5. The van der Waals surface area contributed by atoms with Gasteiger partial charge in [0.2, 0.25) is 0 Å². The zero-order valence-corrected chi connectivity index (χ0v) is 11.1. The predicted octanol–water partition coefficient (Wildman–Crippen LogP) is 2.43. The summed E-state index contributed by atoms with van der Waals surface area (Å²) in [5.74, 6) is 0.840. The van der Waals surface area contributed by atoms with Gasteiger partial charge in [-0.25, -0.2) is 9.97 Å². The summed E-state index contributed by atoms with van der Waals surface area (Å²) in [6.45, 7) is 7.55. The predicted molar refractivity (Wildman–Crippen MR) is 68.0 cm³/mol. The Morgan fingerprint density at radius 1 is 1.44 bits per heavy atom. The highest BCUT2D eigenvalue weighted by Gasteiger charge is 2.17. The van der Waals surface area contributed by atoms with E-state index in [0.29, 0.717) is 6.61 Å². The molecule has 5 heteroatoms. The van der Waals surface area contributed by atoms with Gasteiger partial charge in [0.05, 0.1) is 5.60 Å². The Balaban J connectivity index is 2.53. The number of ether oxygens (including phenoxy) is 1. The highest BCUT2D eigenvalue weighted by atomic mass is 32.2. The van der Waals surface area contributed by atoms with Gasteiger partial charge in [0, 0.05) is 19.2 Å². The van der Waals surface area contributed by atoms with E-state index in [9.17, 15) is 0 Å². The van der Waals surface area contributed by atoms with Gasteiger partial charge in [-0.2, -0.15) is 0 Å². The molecule has 0 bridgehead atoms. The van der Waals surface area contributed by atoms with Crippen molar-refractivity contribution in [1.29, 1.82) is 0 Å². The van der Waals surface area contributed by atoms with Crippen LogP contribution in [0.3, 0.4) is 0 Å². The Kier molecular flexibility index (Phi) is 5.02. The highest BCUT2D eigenvalue weighted by Crippen LogP contribution is 2.15. The minimum atomic E-state index is -0.181. The second kappa shape index (κ2) is 6.06. The first-order valence-corrected chi connectivity index (χ1v) is 6.54. The van der Waals surface area contributed by atoms with Gasteiger partial charge in [0.25, 0.3) is 0 Å². The number of thioether (sulfide) groups is 1. The van der Waals surface area contributed by atoms with Crippen molar-refractivity contribution >= 4 is 17.6 Å². The van der Waals surface area contributed by atoms with Crippen LogP contribution in [-0.4, -0.2) is 35.0 Å². The number of nitrogens with one attached hydrogen (secondary N) is 1. The van der Waals surface area contributed by atoms with Gasteiger partial charge in [-0.1, -0.05) is 0 Å². The first kappa shape index (κ1) is 13.3. The summed E-state index contributed by atoms with van der Waals surface area (Å²) in [7, 11) is 0. The summed E-state index contributed by atoms with van der Waals surface area (Å²) < 4.78 is 5.60. The molecule has 1 rings (SSSR count). The van der Waals surface area contributed by atoms with E-state index in [1.165, 1.54) is 0 Å². The van der Waals surface area contributed by atoms with Crippen LogP contribution in [0.4, 0.5) is 5.82 Å². The van der Waals surface area contributed by atoms with Crippen molar-refractivity contribution in [3.63, 3.8) is 0 Å². The molecule has 0 aliphatic rings. The van der Waals surface area contributed by atoms with E-state index >= 15 is 0 Å². The summed E-state index contributed by atoms with van der Waals surface area (Å²) in [6, 6.07) is 1.94. The molecule has 0 fully saturated rings. The number of aromatic nitrogens is 2. The third kappa shape index (κ3) is 4.37. The number of rotatable bonds is 6. The van der Waals surface area contributed by atoms with E-state index in [4.69, 9.17) is 4.74 Å². The van der Waals surface area contributed by atoms with Crippen LogP contribution in [0.2, 0.25) is 0 Å². The smallest absolute Gasteiger partial charge is 0.130 e. The van der Waals surface area contributed by atoms with Gasteiger partial charge < -0.3 is 10.1 Å². The van der Waals surface area contributed by atoms with Crippen LogP contribution < -0.4 is 5.32 Å². The van der Waals surface area contributed by atoms with Crippen molar-refractivity contribution in [2.75, 3.05) is 24.7 Å². The van der Waals surface area contributed by atoms with E-state index in [-0.39, 0.29) is 5.60 Å². The van der Waals surface area contributed by atoms with E-state index in [1.54, 1.807) is 18.1 Å². The lowest BCUT2D eigenvalue weighted by Crippen LogP contribution is -2.33. The largest absolute Gasteiger partial charge is 0.374 e. The van der Waals surface area contributed by atoms with E-state index in [1.807, 2.05) is 19.2 Å². The Bertz CT molecular complexity index is 331. The second-order valence-corrected chi connectivity index (χ2v) is 4.82. The Morgan fingerprint density at radius 3 is 2.81 bits per heavy atom. The van der Waals surface area contributed by atoms with Crippen LogP contribution in [0.1, 0.15) is 20.8 Å². The van der Waals surface area contributed by atoms with Gasteiger partial charge >= 0.3 is 0 Å². The normalized spacial score (nSPS) is 11.5. The molecule has 0 amide bonds. The summed E-state index contributed by atoms with van der Waals surface area (Å²) in [5, 5.41) is 4.22. The molecule has 0 atom stereocenters. The summed E-state index contributed by atoms with van der Waals surface area (Å²) >= 11 is 1.60. The molecule has 1 N–H and O–H groups in total. The Labute approximate surface area is 101 Å². The highest BCUT2D eigenvalue weighted by molar-refractivity contribution is 7.98. The third-order valence-corrected chi connectivity index (χ3v) is 2.72. The van der Waals surface area contributed by atoms with Crippen molar-refractivity contribution < 1.29 is 4.74 Å². The van der Waals surface area contributed by atoms with Crippen LogP contribution in [0.5, 0.6) is 0 Å². The summed E-state index contributed by atoms with van der Waals surface area (Å²) in [4.78, 5) is 8.28. The van der Waals surface area contributed by atoms with E-state index < -0.39 is 0 Å². The lowest BCUT2D eigenvalue weighted by atomic mass is 10.1. The van der Waals surface area contributed by atoms with Crippen molar-refractivity contribution in [1.82, 2.24) is 9.97 Å². The monoisotopic (exact) mass is 241 g/mol. The fourth-order valence-corrected chi connectivity index (χ4v) is 1.67. The van der Waals surface area contributed by atoms with Crippen molar-refractivity contribution in [3.05, 3.63) is 12.4 Å². The average molecular weight is 241 g/mol. The molecule has 0 radical (unpaired) electrons. The number of nitrogens with zero attached hydrogens (tertiary/aromatic N) is 2. The van der Waals surface area contributed by atoms with Gasteiger partial charge in [-0.05, 0) is 27.0 Å². The molecular formula is C11H19N3OS. The molecule has 16 heavy (non-hydrogen) atoms. The fraction of sp³-hybridized carbons (Fsp3) is 0.636. The van der Waals surface area contributed by atoms with E-state index in [0.717, 1.165) is 17.4 Å². The molecule has 0 unspecified atom stereocenters. The third-order valence-electron chi connectivity index (χ3n) is 2.08. The molecular weight excluding hydrogens is 222 g/mol. The lowest BCUT2D eigenvalue weighted by molar-refractivity contribution is 0.000637. The maximum Gasteiger partial charge on any atom is 0.130 e. The zero-order chi connectivity index (χ0) is 12.0. The van der Waals surface area contributed by atoms with Crippen molar-refractivity contribution in [2.45, 2.75) is 31.4 Å². The summed E-state index contributed by atoms with van der Waals surface area (Å²) in [6.07, 6.45) is 3.57. The molecule has 0 aliphatic heterocycles. The Morgan fingerprint density at radius 2 is 2.19 bits per heavy atom. The van der Waals surface area contributed by atoms with Crippen molar-refractivity contribution in [3.8, 4) is 0 Å². The quantitative estimate of drug-likeness (QED) is 0.612. The van der Waals surface area contributed by atoms with Gasteiger partial charge in [0.15, 0.2) is 0 Å². The van der Waals surface area contributed by atoms with E-state index in [2.05, 4.69) is 29.1 Å². The first-order chi connectivity index (χ1) is 7.57. The minimum absolute atomic E-state index is 0.181. The minimum Gasteiger partial charge on any atom is -0.374 e. The maximum absolute atomic E-state index is 5.60. The standard InChI is InChI=1S/C11H19N3OS/c1-5-15-11(2,3)7-12-9-6-10(16-4)14-8-13-9/h6,8H,5,7H2,1-4H3,(H,12,13,14). The van der Waals surface area contributed by atoms with Gasteiger partial charge in [-0.15, -0.1) is 11.8 Å². The molecule has 4 nitrogen and oxygen atoms in total. The maximum atomic E-state index is 5.60. The SMILES string of the molecule is CCOC(C)(C)CNc1cc(SC)ncn1. The van der Waals surface area contributed by atoms with Crippen LogP contribution in [0.15, 0.2) is 17.4 Å². The zero-order valence-electron chi connectivity index (χ0n) is 10.3. The van der Waals surface area contributed by atoms with Gasteiger partial charge in [0.1, 0.15) is 17.2 Å². The summed E-state index contributed by atoms with van der Waals surface area (Å²) in [5.41, 5.74) is -0.181. The van der Waals surface area contributed by atoms with Crippen LogP contribution in [0.25, 0.3) is 0 Å². The molecule has 0 saturated heterocycles. The molecule has 0 aromatic carbocycles. The number of anilines is 1. The van der Waals surface area contributed by atoms with Crippen LogP contribution in [0, 0.1) is 0 Å². The molecule has 0 saturated carbocycles. The van der Waals surface area contributed by atoms with Crippen molar-refractivity contribution in [2.24, 2.45) is 0 Å². The molecule has 1 aromatic heterocycles. The molecule has 0 spiro atoms. The fourth-order valence-electron chi connectivity index (χ4n) is 1.29. The van der Waals surface area contributed by atoms with Crippen LogP contribution >= 0.6 is 11.8 Å². The second-order valence-electron chi connectivity index (χ2n) is 3.99. The molecule has 0 aliphatic carbocycles. The lowest BCUT2D eigenvalue weighted by Gasteiger charge is -2.25. The van der Waals surface area contributed by atoms with Crippen LogP contribution in [-0.2, 0) is 4.74 Å². The Hall–Kier alpha value is -0.810. The average Bonchev–Trinajstić information content (AvgIpc) is 2.27. The molecule has 90 valence electrons. The number of hydrogen-bond donors (Lipinski definition) is 1. The first-order valence-electron chi connectivity index (χ1n) is 5.31. The molecule has 1 aromatic rings. The molecule has 1 heterocycles. The topological polar surface area (TPSA) is 47.0 Å². The van der Waals surface area contributed by atoms with Gasteiger partial charge in [-0.3, -0.25) is 0 Å².